The summed E-state index contributed by atoms with van der Waals surface area (Å²) in [6, 6.07) is 7.64. The summed E-state index contributed by atoms with van der Waals surface area (Å²) in [5, 5.41) is 3.74. The van der Waals surface area contributed by atoms with Crippen molar-refractivity contribution in [3.63, 3.8) is 0 Å². The third-order valence-corrected chi connectivity index (χ3v) is 11.6. The first-order chi connectivity index (χ1) is 20.5. The lowest BCUT2D eigenvalue weighted by Gasteiger charge is -2.43. The van der Waals surface area contributed by atoms with E-state index >= 15 is 0 Å². The summed E-state index contributed by atoms with van der Waals surface area (Å²) in [4.78, 5) is 68.3. The number of carbonyl (C=O) groups excluding carboxylic acids is 3. The van der Waals surface area contributed by atoms with Crippen LogP contribution in [0, 0.1) is 18.8 Å². The molecule has 1 aromatic carbocycles. The maximum absolute atomic E-state index is 14.1. The molecule has 10 nitrogen and oxygen atoms in total. The molecule has 12 heteroatoms. The second-order valence-corrected chi connectivity index (χ2v) is 15.5. The fourth-order valence-corrected chi connectivity index (χ4v) is 8.99. The number of hydrogen-bond donors (Lipinski definition) is 3. The second-order valence-electron chi connectivity index (χ2n) is 12.7. The highest BCUT2D eigenvalue weighted by Crippen LogP contribution is 2.50. The smallest absolute Gasteiger partial charge is 0.329 e. The van der Waals surface area contributed by atoms with E-state index in [0.29, 0.717) is 48.2 Å². The van der Waals surface area contributed by atoms with Crippen molar-refractivity contribution < 1.29 is 28.7 Å². The van der Waals surface area contributed by atoms with Gasteiger partial charge in [-0.15, -0.1) is 11.3 Å². The van der Waals surface area contributed by atoms with Gasteiger partial charge in [0.1, 0.15) is 12.1 Å². The van der Waals surface area contributed by atoms with Gasteiger partial charge >= 0.3 is 7.60 Å². The summed E-state index contributed by atoms with van der Waals surface area (Å²) in [7, 11) is -4.21. The van der Waals surface area contributed by atoms with Crippen LogP contribution >= 0.6 is 18.9 Å². The fraction of sp³-hybridized carbons (Fsp3) is 0.484. The van der Waals surface area contributed by atoms with Crippen LogP contribution in [0.25, 0.3) is 10.1 Å². The Morgan fingerprint density at radius 3 is 2.65 bits per heavy atom. The topological polar surface area (TPSA) is 140 Å². The highest BCUT2D eigenvalue weighted by molar-refractivity contribution is 7.50. The molecule has 0 unspecified atom stereocenters. The molecule has 0 bridgehead atoms. The van der Waals surface area contributed by atoms with Gasteiger partial charge in [0.2, 0.25) is 11.8 Å². The van der Waals surface area contributed by atoms with E-state index in [9.17, 15) is 28.7 Å². The molecule has 3 N–H and O–H groups in total. The molecule has 7 rings (SSSR count). The highest BCUT2D eigenvalue weighted by atomic mass is 32.1. The van der Waals surface area contributed by atoms with Crippen molar-refractivity contribution in [2.24, 2.45) is 11.8 Å². The van der Waals surface area contributed by atoms with Crippen LogP contribution in [-0.4, -0.2) is 73.5 Å². The number of aryl methyl sites for hydroxylation is 1. The molecule has 0 radical (unpaired) electrons. The van der Waals surface area contributed by atoms with Crippen molar-refractivity contribution in [2.75, 3.05) is 13.1 Å². The van der Waals surface area contributed by atoms with E-state index in [-0.39, 0.29) is 35.8 Å². The lowest BCUT2D eigenvalue weighted by Crippen LogP contribution is -2.59. The largest absolute Gasteiger partial charge is 0.340 e. The number of fused-ring (bicyclic) bond motifs is 3. The lowest BCUT2D eigenvalue weighted by atomic mass is 9.89. The molecule has 4 fully saturated rings. The summed E-state index contributed by atoms with van der Waals surface area (Å²) in [5.74, 6) is 0.679. The van der Waals surface area contributed by atoms with E-state index in [1.54, 1.807) is 30.5 Å². The van der Waals surface area contributed by atoms with Crippen LogP contribution in [0.3, 0.4) is 0 Å². The number of amides is 3. The first-order valence-corrected chi connectivity index (χ1v) is 17.5. The molecule has 2 aromatic heterocycles. The zero-order valence-electron chi connectivity index (χ0n) is 23.9. The number of carbonyl (C=O) groups is 3. The predicted molar refractivity (Wildman–Crippen MR) is 162 cm³/mol. The van der Waals surface area contributed by atoms with Crippen LogP contribution < -0.4 is 5.32 Å². The van der Waals surface area contributed by atoms with Crippen molar-refractivity contribution in [3.05, 3.63) is 64.3 Å². The first-order valence-electron chi connectivity index (χ1n) is 14.9. The Balaban J connectivity index is 1.06. The molecule has 0 spiro atoms. The highest BCUT2D eigenvalue weighted by Gasteiger charge is 2.52. The van der Waals surface area contributed by atoms with Crippen LogP contribution in [0.2, 0.25) is 0 Å². The van der Waals surface area contributed by atoms with Crippen molar-refractivity contribution in [3.8, 4) is 0 Å². The minimum absolute atomic E-state index is 0.00209. The monoisotopic (exact) mass is 622 g/mol. The third kappa shape index (κ3) is 5.64. The molecule has 226 valence electrons. The first kappa shape index (κ1) is 28.6. The summed E-state index contributed by atoms with van der Waals surface area (Å²) in [5.41, 5.74) is 2.84. The normalized spacial score (nSPS) is 27.2. The summed E-state index contributed by atoms with van der Waals surface area (Å²) in [6.45, 7) is 3.31. The maximum atomic E-state index is 14.1. The van der Waals surface area contributed by atoms with E-state index in [2.05, 4.69) is 17.2 Å². The van der Waals surface area contributed by atoms with Gasteiger partial charge in [0, 0.05) is 42.1 Å². The van der Waals surface area contributed by atoms with Crippen molar-refractivity contribution >= 4 is 46.7 Å². The molecule has 3 saturated heterocycles. The van der Waals surface area contributed by atoms with Gasteiger partial charge < -0.3 is 24.9 Å². The van der Waals surface area contributed by atoms with E-state index in [0.717, 1.165) is 29.3 Å². The lowest BCUT2D eigenvalue weighted by molar-refractivity contribution is -0.149. The summed E-state index contributed by atoms with van der Waals surface area (Å²) in [6.07, 6.45) is 7.29. The molecule has 3 aliphatic heterocycles. The van der Waals surface area contributed by atoms with E-state index < -0.39 is 19.7 Å². The summed E-state index contributed by atoms with van der Waals surface area (Å²) < 4.78 is 12.3. The van der Waals surface area contributed by atoms with E-state index in [1.807, 2.05) is 22.1 Å². The minimum atomic E-state index is -4.21. The van der Waals surface area contributed by atoms with Crippen molar-refractivity contribution in [1.29, 1.82) is 0 Å². The number of benzene rings is 1. The Morgan fingerprint density at radius 2 is 1.88 bits per heavy atom. The average molecular weight is 623 g/mol. The Bertz CT molecular complexity index is 1660. The number of hydrogen-bond acceptors (Lipinski definition) is 6. The minimum Gasteiger partial charge on any atom is -0.340 e. The van der Waals surface area contributed by atoms with Crippen LogP contribution in [0.4, 0.5) is 0 Å². The standard InChI is InChI=1S/C31H35N4O6PS/c1-17-6-7-32-13-24(17)22-14-34(15-22)31(38)26-4-3-23-10-19-9-20(19)11-25(30(37)35(23)26)33-29(36)28-12-21-8-18(16-42(39,40)41)2-5-27(21)43-28/h2,5-8,12-13,19-20,22-23,25-26H,3-4,9-11,14-16H2,1H3,(H,33,36)(H2,39,40,41)/t19-,20+,23-,25+,26+/m1/s1. The number of nitrogens with zero attached hydrogens (tertiary/aromatic N) is 3. The van der Waals surface area contributed by atoms with Crippen molar-refractivity contribution in [1.82, 2.24) is 20.1 Å². The Hall–Kier alpha value is -3.11. The Labute approximate surface area is 253 Å². The van der Waals surface area contributed by atoms with Crippen LogP contribution in [0.5, 0.6) is 0 Å². The van der Waals surface area contributed by atoms with Gasteiger partial charge in [-0.05, 0) is 97.2 Å². The molecule has 3 amide bonds. The number of rotatable bonds is 6. The molecule has 5 atom stereocenters. The van der Waals surface area contributed by atoms with E-state index in [1.165, 1.54) is 22.5 Å². The van der Waals surface area contributed by atoms with Crippen molar-refractivity contribution in [2.45, 2.75) is 69.2 Å². The Morgan fingerprint density at radius 1 is 1.09 bits per heavy atom. The van der Waals surface area contributed by atoms with Crippen LogP contribution in [-0.2, 0) is 20.3 Å². The molecule has 4 aliphatic rings. The second kappa shape index (κ2) is 10.8. The fourth-order valence-electron chi connectivity index (χ4n) is 7.37. The average Bonchev–Trinajstić information content (AvgIpc) is 3.29. The quantitative estimate of drug-likeness (QED) is 0.356. The zero-order chi connectivity index (χ0) is 30.0. The number of nitrogens with one attached hydrogen (secondary N) is 1. The maximum Gasteiger partial charge on any atom is 0.329 e. The SMILES string of the molecule is Cc1ccncc1C1CN(C(=O)[C@@H]2CC[C@@H]3C[C@H]4C[C@H]4C[C@H](NC(=O)c4cc5cc(CP(=O)(O)O)ccc5s4)C(=O)N32)C1. The van der Waals surface area contributed by atoms with Crippen LogP contribution in [0.15, 0.2) is 42.7 Å². The molecule has 1 saturated carbocycles. The molecule has 3 aromatic rings. The van der Waals surface area contributed by atoms with Gasteiger partial charge in [-0.25, -0.2) is 0 Å². The molecule has 1 aliphatic carbocycles. The van der Waals surface area contributed by atoms with Gasteiger partial charge in [0.15, 0.2) is 0 Å². The number of likely N-dealkylation sites (tertiary alicyclic amines) is 1. The summed E-state index contributed by atoms with van der Waals surface area (Å²) >= 11 is 1.28. The number of pyridine rings is 1. The van der Waals surface area contributed by atoms with Gasteiger partial charge in [-0.2, -0.15) is 0 Å². The third-order valence-electron chi connectivity index (χ3n) is 9.73. The molecular formula is C31H35N4O6PS. The van der Waals surface area contributed by atoms with Gasteiger partial charge in [-0.3, -0.25) is 23.9 Å². The molecule has 5 heterocycles. The predicted octanol–water partition coefficient (Wildman–Crippen LogP) is 3.80. The molecule has 43 heavy (non-hydrogen) atoms. The molecular weight excluding hydrogens is 587 g/mol. The van der Waals surface area contributed by atoms with Gasteiger partial charge in [0.05, 0.1) is 11.0 Å². The zero-order valence-corrected chi connectivity index (χ0v) is 25.6. The van der Waals surface area contributed by atoms with E-state index in [4.69, 9.17) is 0 Å². The number of aromatic nitrogens is 1. The van der Waals surface area contributed by atoms with Crippen LogP contribution in [0.1, 0.15) is 64.4 Å². The van der Waals surface area contributed by atoms with Gasteiger partial charge in [0.25, 0.3) is 5.91 Å². The van der Waals surface area contributed by atoms with Gasteiger partial charge in [-0.1, -0.05) is 6.07 Å². The number of thiophene rings is 1. The Kier molecular flexibility index (Phi) is 7.20.